The third-order valence-corrected chi connectivity index (χ3v) is 3.75. The maximum Gasteiger partial charge on any atom is 0.367 e. The predicted octanol–water partition coefficient (Wildman–Crippen LogP) is 1.92. The van der Waals surface area contributed by atoms with Crippen LogP contribution in [0.2, 0.25) is 0 Å². The van der Waals surface area contributed by atoms with Crippen LogP contribution in [-0.4, -0.2) is 37.5 Å². The zero-order chi connectivity index (χ0) is 17.4. The van der Waals surface area contributed by atoms with Crippen LogP contribution in [0.25, 0.3) is 16.7 Å². The Morgan fingerprint density at radius 2 is 2.28 bits per heavy atom. The molecule has 25 heavy (non-hydrogen) atoms. The van der Waals surface area contributed by atoms with Gasteiger partial charge >= 0.3 is 5.97 Å². The fourth-order valence-corrected chi connectivity index (χ4v) is 2.46. The molecule has 10 nitrogen and oxygen atoms in total. The highest BCUT2D eigenvalue weighted by atomic mass is 16.7. The fraction of sp³-hybridized carbons (Fsp3) is 0.200. The first kappa shape index (κ1) is 14.8. The molecule has 0 fully saturated rings. The normalized spacial score (nSPS) is 17.2. The first-order valence-corrected chi connectivity index (χ1v) is 7.44. The van der Waals surface area contributed by atoms with Gasteiger partial charge in [0.15, 0.2) is 5.65 Å². The molecule has 1 aromatic carbocycles. The van der Waals surface area contributed by atoms with E-state index in [1.165, 1.54) is 10.7 Å². The average Bonchev–Trinajstić information content (AvgIpc) is 3.22. The molecular formula is C15H10N8O2. The van der Waals surface area contributed by atoms with E-state index in [1.54, 1.807) is 18.2 Å². The van der Waals surface area contributed by atoms with Gasteiger partial charge in [-0.3, -0.25) is 0 Å². The largest absolute Gasteiger partial charge is 0.367 e. The van der Waals surface area contributed by atoms with Gasteiger partial charge in [-0.15, -0.1) is 10.2 Å². The van der Waals surface area contributed by atoms with Gasteiger partial charge in [-0.25, -0.2) is 9.31 Å². The summed E-state index contributed by atoms with van der Waals surface area (Å²) in [5.41, 5.74) is 2.96. The number of azo groups is 1. The van der Waals surface area contributed by atoms with Gasteiger partial charge in [0.05, 0.1) is 23.1 Å². The highest BCUT2D eigenvalue weighted by Gasteiger charge is 2.31. The Hall–Kier alpha value is -3.74. The zero-order valence-corrected chi connectivity index (χ0v) is 13.0. The third kappa shape index (κ3) is 2.38. The fourth-order valence-electron chi connectivity index (χ4n) is 2.46. The van der Waals surface area contributed by atoms with Crippen LogP contribution in [0.3, 0.4) is 0 Å². The topological polar surface area (TPSA) is 130 Å². The van der Waals surface area contributed by atoms with Gasteiger partial charge in [0.25, 0.3) is 0 Å². The summed E-state index contributed by atoms with van der Waals surface area (Å²) in [4.78, 5) is 16.3. The van der Waals surface area contributed by atoms with Crippen LogP contribution in [0.15, 0.2) is 39.8 Å². The molecule has 3 heterocycles. The number of benzene rings is 1. The Bertz CT molecular complexity index is 1110. The van der Waals surface area contributed by atoms with Crippen molar-refractivity contribution in [2.24, 2.45) is 15.4 Å². The van der Waals surface area contributed by atoms with Crippen LogP contribution < -0.4 is 0 Å². The summed E-state index contributed by atoms with van der Waals surface area (Å²) >= 11 is 0. The highest BCUT2D eigenvalue weighted by Crippen LogP contribution is 2.22. The summed E-state index contributed by atoms with van der Waals surface area (Å²) in [7, 11) is 0. The van der Waals surface area contributed by atoms with E-state index >= 15 is 0 Å². The molecule has 10 heteroatoms. The van der Waals surface area contributed by atoms with Crippen LogP contribution in [0, 0.1) is 11.3 Å². The molecule has 0 N–H and O–H groups in total. The van der Waals surface area contributed by atoms with Gasteiger partial charge < -0.3 is 4.84 Å². The van der Waals surface area contributed by atoms with E-state index in [0.29, 0.717) is 40.1 Å². The van der Waals surface area contributed by atoms with Crippen LogP contribution in [0.5, 0.6) is 0 Å². The monoisotopic (exact) mass is 334 g/mol. The second-order valence-corrected chi connectivity index (χ2v) is 5.24. The molecule has 0 aliphatic carbocycles. The average molecular weight is 334 g/mol. The van der Waals surface area contributed by atoms with Crippen molar-refractivity contribution in [3.63, 3.8) is 0 Å². The lowest BCUT2D eigenvalue weighted by Crippen LogP contribution is -2.21. The number of carbonyl (C=O) groups is 1. The van der Waals surface area contributed by atoms with E-state index in [2.05, 4.69) is 35.5 Å². The Morgan fingerprint density at radius 3 is 3.08 bits per heavy atom. The molecule has 1 aliphatic rings. The quantitative estimate of drug-likeness (QED) is 0.531. The van der Waals surface area contributed by atoms with Gasteiger partial charge in [-0.05, 0) is 24.6 Å². The lowest BCUT2D eigenvalue weighted by molar-refractivity contribution is -0.141. The summed E-state index contributed by atoms with van der Waals surface area (Å²) in [6, 6.07) is 6.32. The van der Waals surface area contributed by atoms with E-state index < -0.39 is 12.0 Å². The molecule has 0 saturated carbocycles. The molecule has 0 radical (unpaired) electrons. The Labute approximate surface area is 140 Å². The molecule has 1 atom stereocenters. The van der Waals surface area contributed by atoms with Crippen molar-refractivity contribution in [3.8, 4) is 6.07 Å². The number of aromatic nitrogens is 4. The maximum atomic E-state index is 11.6. The smallest absolute Gasteiger partial charge is 0.315 e. The summed E-state index contributed by atoms with van der Waals surface area (Å²) in [6.07, 6.45) is 1.98. The predicted molar refractivity (Wildman–Crippen MR) is 85.1 cm³/mol. The van der Waals surface area contributed by atoms with Crippen molar-refractivity contribution in [2.75, 3.05) is 0 Å². The van der Waals surface area contributed by atoms with Crippen molar-refractivity contribution >= 4 is 34.0 Å². The third-order valence-electron chi connectivity index (χ3n) is 3.75. The number of carbonyl (C=O) groups excluding carboxylic acids is 1. The SMILES string of the molecule is CCC1=NOC(=O)C1/N=N/c1ccc2nnc3c(C#N)cnn3c2c1. The number of fused-ring (bicyclic) bond motifs is 3. The number of nitrogens with zero attached hydrogens (tertiary/aromatic N) is 8. The molecule has 1 aliphatic heterocycles. The van der Waals surface area contributed by atoms with E-state index in [1.807, 2.05) is 13.0 Å². The minimum atomic E-state index is -0.814. The van der Waals surface area contributed by atoms with E-state index in [-0.39, 0.29) is 0 Å². The van der Waals surface area contributed by atoms with E-state index in [9.17, 15) is 4.79 Å². The molecule has 122 valence electrons. The molecule has 0 spiro atoms. The Balaban J connectivity index is 1.76. The zero-order valence-electron chi connectivity index (χ0n) is 13.0. The van der Waals surface area contributed by atoms with Crippen LogP contribution >= 0.6 is 0 Å². The van der Waals surface area contributed by atoms with Crippen molar-refractivity contribution in [1.82, 2.24) is 19.8 Å². The number of hydrogen-bond acceptors (Lipinski definition) is 9. The van der Waals surface area contributed by atoms with Crippen LogP contribution in [0.1, 0.15) is 18.9 Å². The Kier molecular flexibility index (Phi) is 3.39. The first-order chi connectivity index (χ1) is 12.2. The molecule has 1 unspecified atom stereocenters. The van der Waals surface area contributed by atoms with Gasteiger partial charge in [0, 0.05) is 0 Å². The van der Waals surface area contributed by atoms with Crippen molar-refractivity contribution in [2.45, 2.75) is 19.4 Å². The number of rotatable bonds is 3. The minimum absolute atomic E-state index is 0.332. The summed E-state index contributed by atoms with van der Waals surface area (Å²) in [5, 5.41) is 33.1. The molecule has 2 aromatic heterocycles. The van der Waals surface area contributed by atoms with Crippen LogP contribution in [-0.2, 0) is 9.63 Å². The van der Waals surface area contributed by atoms with E-state index in [4.69, 9.17) is 5.26 Å². The van der Waals surface area contributed by atoms with Crippen molar-refractivity contribution in [1.29, 1.82) is 5.26 Å². The van der Waals surface area contributed by atoms with Gasteiger partial charge in [0.1, 0.15) is 17.1 Å². The number of oxime groups is 1. The van der Waals surface area contributed by atoms with Crippen molar-refractivity contribution in [3.05, 3.63) is 30.0 Å². The molecular weight excluding hydrogens is 324 g/mol. The number of nitriles is 1. The van der Waals surface area contributed by atoms with Crippen LogP contribution in [0.4, 0.5) is 5.69 Å². The van der Waals surface area contributed by atoms with E-state index in [0.717, 1.165) is 0 Å². The van der Waals surface area contributed by atoms with Gasteiger partial charge in [-0.1, -0.05) is 12.1 Å². The molecule has 4 rings (SSSR count). The minimum Gasteiger partial charge on any atom is -0.315 e. The molecule has 0 amide bonds. The highest BCUT2D eigenvalue weighted by molar-refractivity contribution is 6.08. The lowest BCUT2D eigenvalue weighted by Gasteiger charge is -2.02. The van der Waals surface area contributed by atoms with Gasteiger partial charge in [-0.2, -0.15) is 20.6 Å². The molecule has 0 saturated heterocycles. The standard InChI is InChI=1S/C15H10N8O2/c1-2-10-13(15(24)25-22-10)20-18-9-3-4-11-12(5-9)23-14(21-19-11)8(6-16)7-17-23/h3-5,7,13H,2H2,1H3/b20-18+. The summed E-state index contributed by atoms with van der Waals surface area (Å²) < 4.78 is 1.52. The van der Waals surface area contributed by atoms with Gasteiger partial charge in [0.2, 0.25) is 6.04 Å². The summed E-state index contributed by atoms with van der Waals surface area (Å²) in [6.45, 7) is 1.86. The second kappa shape index (κ2) is 5.72. The Morgan fingerprint density at radius 1 is 1.40 bits per heavy atom. The molecule has 3 aromatic rings. The van der Waals surface area contributed by atoms with Crippen molar-refractivity contribution < 1.29 is 9.63 Å². The number of hydrogen-bond donors (Lipinski definition) is 0. The first-order valence-electron chi connectivity index (χ1n) is 7.44. The summed E-state index contributed by atoms with van der Waals surface area (Å²) in [5.74, 6) is -0.541. The second-order valence-electron chi connectivity index (χ2n) is 5.24. The lowest BCUT2D eigenvalue weighted by atomic mass is 10.1. The maximum absolute atomic E-state index is 11.6. The molecule has 0 bridgehead atoms.